The molecule has 0 aromatic carbocycles. The van der Waals surface area contributed by atoms with Crippen molar-refractivity contribution in [3.8, 4) is 0 Å². The molecule has 3 fully saturated rings. The highest BCUT2D eigenvalue weighted by atomic mass is 16.4. The molecule has 1 amide bonds. The number of nitrogens with zero attached hydrogens (tertiary/aromatic N) is 1. The summed E-state index contributed by atoms with van der Waals surface area (Å²) in [4.78, 5) is 25.4. The van der Waals surface area contributed by atoms with Gasteiger partial charge in [-0.3, -0.25) is 9.59 Å². The van der Waals surface area contributed by atoms with Crippen molar-refractivity contribution in [1.82, 2.24) is 4.90 Å². The van der Waals surface area contributed by atoms with Gasteiger partial charge >= 0.3 is 5.97 Å². The monoisotopic (exact) mass is 251 g/mol. The number of hydrogen-bond acceptors (Lipinski definition) is 2. The Hall–Kier alpha value is -1.06. The third kappa shape index (κ3) is 1.73. The summed E-state index contributed by atoms with van der Waals surface area (Å²) >= 11 is 0. The Labute approximate surface area is 107 Å². The molecule has 4 heteroatoms. The summed E-state index contributed by atoms with van der Waals surface area (Å²) < 4.78 is 0. The summed E-state index contributed by atoms with van der Waals surface area (Å²) in [6.45, 7) is 3.04. The predicted octanol–water partition coefficient (Wildman–Crippen LogP) is 1.75. The first-order chi connectivity index (χ1) is 8.53. The Balaban J connectivity index is 1.57. The predicted molar refractivity (Wildman–Crippen MR) is 65.9 cm³/mol. The zero-order valence-corrected chi connectivity index (χ0v) is 10.9. The third-order valence-corrected chi connectivity index (χ3v) is 5.39. The maximum Gasteiger partial charge on any atom is 0.309 e. The van der Waals surface area contributed by atoms with Gasteiger partial charge in [0.2, 0.25) is 5.91 Å². The molecule has 4 nitrogen and oxygen atoms in total. The average molecular weight is 251 g/mol. The fourth-order valence-corrected chi connectivity index (χ4v) is 3.83. The summed E-state index contributed by atoms with van der Waals surface area (Å²) in [6, 6.07) is 0. The lowest BCUT2D eigenvalue weighted by atomic mass is 9.80. The second kappa shape index (κ2) is 3.97. The Morgan fingerprint density at radius 2 is 1.72 bits per heavy atom. The molecule has 2 saturated carbocycles. The van der Waals surface area contributed by atoms with Crippen molar-refractivity contribution >= 4 is 11.9 Å². The van der Waals surface area contributed by atoms with E-state index in [1.54, 1.807) is 6.92 Å². The normalized spacial score (nSPS) is 37.2. The summed E-state index contributed by atoms with van der Waals surface area (Å²) in [7, 11) is 0. The van der Waals surface area contributed by atoms with Crippen LogP contribution in [0.15, 0.2) is 0 Å². The zero-order valence-electron chi connectivity index (χ0n) is 10.9. The van der Waals surface area contributed by atoms with Gasteiger partial charge in [-0.05, 0) is 44.4 Å². The second-order valence-corrected chi connectivity index (χ2v) is 6.48. The third-order valence-electron chi connectivity index (χ3n) is 5.39. The van der Waals surface area contributed by atoms with Gasteiger partial charge in [0.15, 0.2) is 0 Å². The molecule has 1 saturated heterocycles. The highest BCUT2D eigenvalue weighted by Crippen LogP contribution is 2.58. The Kier molecular flexibility index (Phi) is 2.65. The van der Waals surface area contributed by atoms with Gasteiger partial charge in [0.1, 0.15) is 0 Å². The fraction of sp³-hybridized carbons (Fsp3) is 0.857. The molecular formula is C14H21NO3. The van der Waals surface area contributed by atoms with Gasteiger partial charge in [-0.15, -0.1) is 0 Å². The van der Waals surface area contributed by atoms with Gasteiger partial charge in [0, 0.05) is 19.0 Å². The molecule has 0 aromatic heterocycles. The molecule has 0 radical (unpaired) electrons. The number of carboxylic acids is 1. The molecule has 2 aliphatic carbocycles. The van der Waals surface area contributed by atoms with Crippen molar-refractivity contribution in [1.29, 1.82) is 0 Å². The van der Waals surface area contributed by atoms with E-state index in [0.717, 1.165) is 0 Å². The van der Waals surface area contributed by atoms with Crippen LogP contribution in [-0.4, -0.2) is 35.0 Å². The van der Waals surface area contributed by atoms with Crippen LogP contribution in [0.4, 0.5) is 0 Å². The fourth-order valence-electron chi connectivity index (χ4n) is 3.83. The minimum atomic E-state index is -0.724. The standard InChI is InChI=1S/C14H21NO3/c1-14(13(17)18)5-7-15(8-6-14)12(16)11-9-3-2-4-10(9)11/h9-11H,2-8H2,1H3,(H,17,18). The first-order valence-corrected chi connectivity index (χ1v) is 7.05. The van der Waals surface area contributed by atoms with Crippen molar-refractivity contribution < 1.29 is 14.7 Å². The van der Waals surface area contributed by atoms with Crippen molar-refractivity contribution in [2.45, 2.75) is 39.0 Å². The molecule has 2 atom stereocenters. The van der Waals surface area contributed by atoms with Crippen LogP contribution in [-0.2, 0) is 9.59 Å². The molecule has 1 N–H and O–H groups in total. The number of hydrogen-bond donors (Lipinski definition) is 1. The number of piperidine rings is 1. The highest BCUT2D eigenvalue weighted by molar-refractivity contribution is 5.83. The molecule has 18 heavy (non-hydrogen) atoms. The van der Waals surface area contributed by atoms with E-state index in [1.807, 2.05) is 4.90 Å². The molecule has 2 unspecified atom stereocenters. The van der Waals surface area contributed by atoms with Crippen molar-refractivity contribution in [2.24, 2.45) is 23.2 Å². The quantitative estimate of drug-likeness (QED) is 0.813. The lowest BCUT2D eigenvalue weighted by molar-refractivity contribution is -0.153. The molecule has 1 aliphatic heterocycles. The van der Waals surface area contributed by atoms with Crippen LogP contribution < -0.4 is 0 Å². The van der Waals surface area contributed by atoms with Gasteiger partial charge in [0.25, 0.3) is 0 Å². The molecule has 100 valence electrons. The number of carbonyl (C=O) groups excluding carboxylic acids is 1. The van der Waals surface area contributed by atoms with Crippen LogP contribution in [0.1, 0.15) is 39.0 Å². The van der Waals surface area contributed by atoms with Crippen LogP contribution in [0, 0.1) is 23.2 Å². The van der Waals surface area contributed by atoms with E-state index in [9.17, 15) is 14.7 Å². The topological polar surface area (TPSA) is 57.6 Å². The molecular weight excluding hydrogens is 230 g/mol. The lowest BCUT2D eigenvalue weighted by Gasteiger charge is -2.36. The van der Waals surface area contributed by atoms with E-state index in [4.69, 9.17) is 0 Å². The number of carboxylic acid groups (broad SMARTS) is 1. The number of rotatable bonds is 2. The Morgan fingerprint density at radius 1 is 1.17 bits per heavy atom. The number of fused-ring (bicyclic) bond motifs is 1. The van der Waals surface area contributed by atoms with E-state index >= 15 is 0 Å². The minimum absolute atomic E-state index is 0.285. The van der Waals surface area contributed by atoms with E-state index < -0.39 is 11.4 Å². The van der Waals surface area contributed by atoms with Gasteiger partial charge in [0.05, 0.1) is 5.41 Å². The van der Waals surface area contributed by atoms with E-state index in [0.29, 0.717) is 43.7 Å². The number of aliphatic carboxylic acids is 1. The summed E-state index contributed by atoms with van der Waals surface area (Å²) in [5, 5.41) is 9.17. The van der Waals surface area contributed by atoms with Crippen molar-refractivity contribution in [3.05, 3.63) is 0 Å². The van der Waals surface area contributed by atoms with Gasteiger partial charge in [-0.2, -0.15) is 0 Å². The van der Waals surface area contributed by atoms with Crippen LogP contribution in [0.25, 0.3) is 0 Å². The Bertz CT molecular complexity index is 375. The summed E-state index contributed by atoms with van der Waals surface area (Å²) in [6.07, 6.45) is 4.92. The van der Waals surface area contributed by atoms with E-state index in [2.05, 4.69) is 0 Å². The smallest absolute Gasteiger partial charge is 0.309 e. The van der Waals surface area contributed by atoms with Crippen LogP contribution >= 0.6 is 0 Å². The first kappa shape index (κ1) is 12.0. The highest BCUT2D eigenvalue weighted by Gasteiger charge is 2.57. The maximum atomic E-state index is 12.3. The average Bonchev–Trinajstić information content (AvgIpc) is 2.82. The van der Waals surface area contributed by atoms with E-state index in [1.165, 1.54) is 19.3 Å². The molecule has 1 heterocycles. The largest absolute Gasteiger partial charge is 0.481 e. The first-order valence-electron chi connectivity index (χ1n) is 7.05. The zero-order chi connectivity index (χ0) is 12.9. The van der Waals surface area contributed by atoms with Crippen LogP contribution in [0.5, 0.6) is 0 Å². The van der Waals surface area contributed by atoms with E-state index in [-0.39, 0.29) is 5.92 Å². The van der Waals surface area contributed by atoms with Crippen molar-refractivity contribution in [3.63, 3.8) is 0 Å². The molecule has 0 spiro atoms. The lowest BCUT2D eigenvalue weighted by Crippen LogP contribution is -2.46. The minimum Gasteiger partial charge on any atom is -0.481 e. The van der Waals surface area contributed by atoms with Crippen LogP contribution in [0.2, 0.25) is 0 Å². The molecule has 0 aromatic rings. The molecule has 0 bridgehead atoms. The number of amides is 1. The van der Waals surface area contributed by atoms with Gasteiger partial charge < -0.3 is 10.0 Å². The maximum absolute atomic E-state index is 12.3. The molecule has 3 aliphatic rings. The van der Waals surface area contributed by atoms with Gasteiger partial charge in [-0.25, -0.2) is 0 Å². The van der Waals surface area contributed by atoms with Gasteiger partial charge in [-0.1, -0.05) is 6.42 Å². The van der Waals surface area contributed by atoms with Crippen molar-refractivity contribution in [2.75, 3.05) is 13.1 Å². The summed E-state index contributed by atoms with van der Waals surface area (Å²) in [5.74, 6) is 1.18. The number of likely N-dealkylation sites (tertiary alicyclic amines) is 1. The summed E-state index contributed by atoms with van der Waals surface area (Å²) in [5.41, 5.74) is -0.629. The van der Waals surface area contributed by atoms with Crippen LogP contribution in [0.3, 0.4) is 0 Å². The SMILES string of the molecule is CC1(C(=O)O)CCN(C(=O)C2C3CCCC32)CC1. The number of carbonyl (C=O) groups is 2. The molecule has 3 rings (SSSR count). The second-order valence-electron chi connectivity index (χ2n) is 6.48. The Morgan fingerprint density at radius 3 is 2.22 bits per heavy atom.